The number of hydrogen-bond acceptors (Lipinski definition) is 6. The summed E-state index contributed by atoms with van der Waals surface area (Å²) in [4.78, 5) is 23.1. The Morgan fingerprint density at radius 1 is 0.952 bits per heavy atom. The van der Waals surface area contributed by atoms with Crippen LogP contribution in [0.25, 0.3) is 0 Å². The molecule has 2 N–H and O–H groups in total. The predicted octanol–water partition coefficient (Wildman–Crippen LogP) is 2.24. The zero-order chi connectivity index (χ0) is 15.4. The van der Waals surface area contributed by atoms with Gasteiger partial charge in [-0.2, -0.15) is 0 Å². The second-order valence-corrected chi connectivity index (χ2v) is 4.16. The largest absolute Gasteiger partial charge is 0.508 e. The SMILES string of the molecule is CC(=O)Oc1ccccc1C(=O)Oc1cc(O)cc(O)c1. The van der Waals surface area contributed by atoms with Crippen LogP contribution in [0.15, 0.2) is 42.5 Å². The van der Waals surface area contributed by atoms with Crippen LogP contribution in [-0.4, -0.2) is 22.2 Å². The van der Waals surface area contributed by atoms with Crippen molar-refractivity contribution < 1.29 is 29.3 Å². The fourth-order valence-electron chi connectivity index (χ4n) is 1.67. The van der Waals surface area contributed by atoms with Gasteiger partial charge in [-0.1, -0.05) is 12.1 Å². The van der Waals surface area contributed by atoms with Crippen LogP contribution < -0.4 is 9.47 Å². The van der Waals surface area contributed by atoms with Crippen molar-refractivity contribution in [3.8, 4) is 23.0 Å². The fourth-order valence-corrected chi connectivity index (χ4v) is 1.67. The maximum atomic E-state index is 12.1. The maximum absolute atomic E-state index is 12.1. The first-order valence-corrected chi connectivity index (χ1v) is 5.98. The molecule has 6 nitrogen and oxygen atoms in total. The first-order chi connectivity index (χ1) is 9.95. The number of esters is 2. The molecule has 0 aliphatic carbocycles. The van der Waals surface area contributed by atoms with E-state index in [-0.39, 0.29) is 28.6 Å². The molecular weight excluding hydrogens is 276 g/mol. The molecule has 0 amide bonds. The minimum atomic E-state index is -0.781. The summed E-state index contributed by atoms with van der Waals surface area (Å²) in [6.45, 7) is 1.22. The monoisotopic (exact) mass is 288 g/mol. The normalized spacial score (nSPS) is 9.95. The fraction of sp³-hybridized carbons (Fsp3) is 0.0667. The number of ether oxygens (including phenoxy) is 2. The molecule has 0 saturated carbocycles. The molecule has 0 radical (unpaired) electrons. The van der Waals surface area contributed by atoms with Crippen molar-refractivity contribution in [3.63, 3.8) is 0 Å². The highest BCUT2D eigenvalue weighted by molar-refractivity contribution is 5.94. The number of benzene rings is 2. The summed E-state index contributed by atoms with van der Waals surface area (Å²) in [7, 11) is 0. The highest BCUT2D eigenvalue weighted by Crippen LogP contribution is 2.27. The highest BCUT2D eigenvalue weighted by Gasteiger charge is 2.16. The quantitative estimate of drug-likeness (QED) is 0.664. The lowest BCUT2D eigenvalue weighted by Gasteiger charge is -2.09. The van der Waals surface area contributed by atoms with Crippen LogP contribution in [0.1, 0.15) is 17.3 Å². The summed E-state index contributed by atoms with van der Waals surface area (Å²) in [5.41, 5.74) is 0.0514. The Balaban J connectivity index is 2.26. The van der Waals surface area contributed by atoms with E-state index in [4.69, 9.17) is 9.47 Å². The van der Waals surface area contributed by atoms with Crippen molar-refractivity contribution in [3.05, 3.63) is 48.0 Å². The topological polar surface area (TPSA) is 93.1 Å². The Morgan fingerprint density at radius 2 is 1.57 bits per heavy atom. The molecular formula is C15H12O6. The lowest BCUT2D eigenvalue weighted by Crippen LogP contribution is -2.12. The van der Waals surface area contributed by atoms with Gasteiger partial charge in [0.15, 0.2) is 0 Å². The number of hydrogen-bond donors (Lipinski definition) is 2. The number of carbonyl (C=O) groups is 2. The molecule has 2 aromatic carbocycles. The van der Waals surface area contributed by atoms with Gasteiger partial charge in [-0.15, -0.1) is 0 Å². The minimum Gasteiger partial charge on any atom is -0.508 e. The van der Waals surface area contributed by atoms with Crippen LogP contribution in [0, 0.1) is 0 Å². The van der Waals surface area contributed by atoms with Crippen molar-refractivity contribution in [1.82, 2.24) is 0 Å². The van der Waals surface area contributed by atoms with E-state index in [1.807, 2.05) is 0 Å². The van der Waals surface area contributed by atoms with Crippen LogP contribution >= 0.6 is 0 Å². The van der Waals surface area contributed by atoms with Crippen molar-refractivity contribution in [2.24, 2.45) is 0 Å². The third kappa shape index (κ3) is 3.73. The molecule has 2 aromatic rings. The molecule has 0 saturated heterocycles. The molecule has 0 spiro atoms. The Kier molecular flexibility index (Phi) is 4.08. The van der Waals surface area contributed by atoms with E-state index in [1.165, 1.54) is 31.2 Å². The van der Waals surface area contributed by atoms with Crippen molar-refractivity contribution in [2.45, 2.75) is 6.92 Å². The summed E-state index contributed by atoms with van der Waals surface area (Å²) in [5.74, 6) is -1.80. The zero-order valence-corrected chi connectivity index (χ0v) is 11.1. The molecule has 0 atom stereocenters. The standard InChI is InChI=1S/C15H12O6/c1-9(16)20-14-5-3-2-4-13(14)15(19)21-12-7-10(17)6-11(18)8-12/h2-8,17-18H,1H3. The highest BCUT2D eigenvalue weighted by atomic mass is 16.5. The Morgan fingerprint density at radius 3 is 2.19 bits per heavy atom. The summed E-state index contributed by atoms with van der Waals surface area (Å²) in [6.07, 6.45) is 0. The minimum absolute atomic E-state index is 0.0323. The smallest absolute Gasteiger partial charge is 0.347 e. The van der Waals surface area contributed by atoms with Crippen LogP contribution in [0.3, 0.4) is 0 Å². The van der Waals surface area contributed by atoms with Gasteiger partial charge in [0.05, 0.1) is 0 Å². The average Bonchev–Trinajstić information content (AvgIpc) is 2.37. The van der Waals surface area contributed by atoms with Crippen LogP contribution in [-0.2, 0) is 4.79 Å². The number of carbonyl (C=O) groups excluding carboxylic acids is 2. The van der Waals surface area contributed by atoms with E-state index in [2.05, 4.69) is 0 Å². The zero-order valence-electron chi connectivity index (χ0n) is 11.1. The summed E-state index contributed by atoms with van der Waals surface area (Å²) in [5, 5.41) is 18.7. The molecule has 0 unspecified atom stereocenters. The van der Waals surface area contributed by atoms with Gasteiger partial charge in [-0.25, -0.2) is 4.79 Å². The molecule has 2 rings (SSSR count). The number of aromatic hydroxyl groups is 2. The van der Waals surface area contributed by atoms with Crippen molar-refractivity contribution in [2.75, 3.05) is 0 Å². The van der Waals surface area contributed by atoms with E-state index in [1.54, 1.807) is 12.1 Å². The Labute approximate surface area is 120 Å². The molecule has 0 aromatic heterocycles. The first-order valence-electron chi connectivity index (χ1n) is 5.98. The van der Waals surface area contributed by atoms with Gasteiger partial charge in [-0.3, -0.25) is 4.79 Å². The van der Waals surface area contributed by atoms with Gasteiger partial charge in [0.1, 0.15) is 28.6 Å². The van der Waals surface area contributed by atoms with Crippen molar-refractivity contribution in [1.29, 1.82) is 0 Å². The molecule has 108 valence electrons. The lowest BCUT2D eigenvalue weighted by molar-refractivity contribution is -0.131. The number of para-hydroxylation sites is 1. The van der Waals surface area contributed by atoms with Gasteiger partial charge in [0, 0.05) is 25.1 Å². The van der Waals surface area contributed by atoms with E-state index in [9.17, 15) is 19.8 Å². The third-order valence-electron chi connectivity index (χ3n) is 2.45. The van der Waals surface area contributed by atoms with E-state index >= 15 is 0 Å². The summed E-state index contributed by atoms with van der Waals surface area (Å²) >= 11 is 0. The van der Waals surface area contributed by atoms with Crippen LogP contribution in [0.2, 0.25) is 0 Å². The Hall–Kier alpha value is -3.02. The van der Waals surface area contributed by atoms with Gasteiger partial charge < -0.3 is 19.7 Å². The van der Waals surface area contributed by atoms with Gasteiger partial charge in [0.2, 0.25) is 0 Å². The number of phenols is 2. The predicted molar refractivity (Wildman–Crippen MR) is 72.5 cm³/mol. The van der Waals surface area contributed by atoms with E-state index in [0.717, 1.165) is 6.07 Å². The van der Waals surface area contributed by atoms with E-state index in [0.29, 0.717) is 0 Å². The van der Waals surface area contributed by atoms with Gasteiger partial charge in [0.25, 0.3) is 0 Å². The van der Waals surface area contributed by atoms with Gasteiger partial charge >= 0.3 is 11.9 Å². The maximum Gasteiger partial charge on any atom is 0.347 e. The molecule has 0 aliphatic rings. The second kappa shape index (κ2) is 5.96. The molecule has 21 heavy (non-hydrogen) atoms. The molecule has 6 heteroatoms. The molecule has 0 fully saturated rings. The summed E-state index contributed by atoms with van der Waals surface area (Å²) < 4.78 is 9.95. The Bertz CT molecular complexity index is 672. The number of phenolic OH excluding ortho intramolecular Hbond substituents is 2. The second-order valence-electron chi connectivity index (χ2n) is 4.16. The van der Waals surface area contributed by atoms with Gasteiger partial charge in [-0.05, 0) is 12.1 Å². The molecule has 0 bridgehead atoms. The van der Waals surface area contributed by atoms with Crippen LogP contribution in [0.5, 0.6) is 23.0 Å². The number of rotatable bonds is 3. The molecule has 0 heterocycles. The summed E-state index contributed by atoms with van der Waals surface area (Å²) in [6, 6.07) is 9.53. The molecule has 0 aliphatic heterocycles. The third-order valence-corrected chi connectivity index (χ3v) is 2.45. The first kappa shape index (κ1) is 14.4. The van der Waals surface area contributed by atoms with Crippen molar-refractivity contribution >= 4 is 11.9 Å². The van der Waals surface area contributed by atoms with E-state index < -0.39 is 11.9 Å². The lowest BCUT2D eigenvalue weighted by atomic mass is 10.2. The average molecular weight is 288 g/mol. The van der Waals surface area contributed by atoms with Crippen LogP contribution in [0.4, 0.5) is 0 Å².